The summed E-state index contributed by atoms with van der Waals surface area (Å²) in [6.07, 6.45) is 2.60. The summed E-state index contributed by atoms with van der Waals surface area (Å²) in [5.74, 6) is -1.43. The van der Waals surface area contributed by atoms with Gasteiger partial charge in [0.2, 0.25) is 5.78 Å². The minimum absolute atomic E-state index is 0.131. The average molecular weight is 360 g/mol. The van der Waals surface area contributed by atoms with Crippen molar-refractivity contribution in [3.8, 4) is 0 Å². The van der Waals surface area contributed by atoms with Crippen molar-refractivity contribution in [3.05, 3.63) is 35.6 Å². The van der Waals surface area contributed by atoms with Gasteiger partial charge >= 0.3 is 11.9 Å². The molecule has 0 spiro atoms. The maximum Gasteiger partial charge on any atom is 0.334 e. The first-order chi connectivity index (χ1) is 12.2. The lowest BCUT2D eigenvalue weighted by atomic mass is 9.82. The molecule has 3 aliphatic rings. The third kappa shape index (κ3) is 2.97. The van der Waals surface area contributed by atoms with Crippen LogP contribution in [0.3, 0.4) is 0 Å². The molecule has 26 heavy (non-hydrogen) atoms. The van der Waals surface area contributed by atoms with E-state index in [4.69, 9.17) is 14.2 Å². The predicted molar refractivity (Wildman–Crippen MR) is 92.8 cm³/mol. The fourth-order valence-electron chi connectivity index (χ4n) is 3.50. The molecule has 0 N–H and O–H groups in total. The van der Waals surface area contributed by atoms with Crippen molar-refractivity contribution >= 4 is 17.7 Å². The highest BCUT2D eigenvalue weighted by Gasteiger charge is 2.51. The van der Waals surface area contributed by atoms with Gasteiger partial charge < -0.3 is 14.2 Å². The van der Waals surface area contributed by atoms with Gasteiger partial charge in [-0.3, -0.25) is 9.59 Å². The second-order valence-electron chi connectivity index (χ2n) is 7.47. The highest BCUT2D eigenvalue weighted by atomic mass is 16.6. The highest BCUT2D eigenvalue weighted by molar-refractivity contribution is 6.00. The fourth-order valence-corrected chi connectivity index (χ4v) is 3.50. The van der Waals surface area contributed by atoms with Gasteiger partial charge in [-0.25, -0.2) is 4.79 Å². The predicted octanol–water partition coefficient (Wildman–Crippen LogP) is 2.63. The van der Waals surface area contributed by atoms with Gasteiger partial charge in [-0.2, -0.15) is 0 Å². The van der Waals surface area contributed by atoms with E-state index < -0.39 is 29.7 Å². The number of ketones is 1. The third-order valence-corrected chi connectivity index (χ3v) is 5.46. The summed E-state index contributed by atoms with van der Waals surface area (Å²) in [6, 6.07) is 0. The molecule has 6 heteroatoms. The van der Waals surface area contributed by atoms with E-state index in [1.807, 2.05) is 6.92 Å². The van der Waals surface area contributed by atoms with Crippen LogP contribution in [0.2, 0.25) is 0 Å². The molecule has 5 unspecified atom stereocenters. The number of fused-ring (bicyclic) bond motifs is 3. The number of ether oxygens (including phenoxy) is 3. The Balaban J connectivity index is 2.03. The summed E-state index contributed by atoms with van der Waals surface area (Å²) in [6.45, 7) is 11.0. The molecule has 140 valence electrons. The minimum atomic E-state index is -1.15. The Morgan fingerprint density at radius 2 is 2.15 bits per heavy atom. The molecule has 0 aromatic carbocycles. The van der Waals surface area contributed by atoms with E-state index in [1.165, 1.54) is 6.08 Å². The molecule has 3 heterocycles. The monoisotopic (exact) mass is 360 g/mol. The van der Waals surface area contributed by atoms with Gasteiger partial charge in [0.05, 0.1) is 11.8 Å². The van der Waals surface area contributed by atoms with E-state index in [0.29, 0.717) is 17.8 Å². The molecule has 1 fully saturated rings. The number of esters is 2. The summed E-state index contributed by atoms with van der Waals surface area (Å²) in [5, 5.41) is 0. The van der Waals surface area contributed by atoms with E-state index in [-0.39, 0.29) is 29.7 Å². The number of hydrogen-bond donors (Lipinski definition) is 0. The first-order valence-electron chi connectivity index (χ1n) is 8.90. The van der Waals surface area contributed by atoms with E-state index in [1.54, 1.807) is 26.8 Å². The normalized spacial score (nSPS) is 34.5. The molecule has 6 nitrogen and oxygen atoms in total. The second kappa shape index (κ2) is 6.41. The van der Waals surface area contributed by atoms with Crippen LogP contribution in [-0.2, 0) is 28.6 Å². The topological polar surface area (TPSA) is 78.9 Å². The van der Waals surface area contributed by atoms with Gasteiger partial charge in [0.1, 0.15) is 18.0 Å². The van der Waals surface area contributed by atoms with Gasteiger partial charge in [0, 0.05) is 18.1 Å². The van der Waals surface area contributed by atoms with Crippen LogP contribution in [0.1, 0.15) is 40.5 Å². The number of rotatable bonds is 3. The van der Waals surface area contributed by atoms with Gasteiger partial charge in [-0.05, 0) is 31.9 Å². The Kier molecular flexibility index (Phi) is 4.54. The second-order valence-corrected chi connectivity index (χ2v) is 7.47. The summed E-state index contributed by atoms with van der Waals surface area (Å²) < 4.78 is 17.1. The number of hydrogen-bond acceptors (Lipinski definition) is 6. The fraction of sp³-hybridized carbons (Fsp3) is 0.550. The van der Waals surface area contributed by atoms with Crippen LogP contribution in [-0.4, -0.2) is 35.5 Å². The quantitative estimate of drug-likeness (QED) is 0.569. The van der Waals surface area contributed by atoms with E-state index in [2.05, 4.69) is 6.58 Å². The lowest BCUT2D eigenvalue weighted by molar-refractivity contribution is -0.161. The van der Waals surface area contributed by atoms with Gasteiger partial charge in [-0.15, -0.1) is 0 Å². The van der Waals surface area contributed by atoms with Crippen LogP contribution in [0.15, 0.2) is 35.6 Å². The molecule has 0 aromatic rings. The summed E-state index contributed by atoms with van der Waals surface area (Å²) in [4.78, 5) is 37.0. The summed E-state index contributed by atoms with van der Waals surface area (Å²) >= 11 is 0. The average Bonchev–Trinajstić information content (AvgIpc) is 3.03. The van der Waals surface area contributed by atoms with Crippen molar-refractivity contribution in [2.45, 2.75) is 58.3 Å². The van der Waals surface area contributed by atoms with E-state index in [9.17, 15) is 14.4 Å². The lowest BCUT2D eigenvalue weighted by Crippen LogP contribution is -2.43. The smallest absolute Gasteiger partial charge is 0.334 e. The molecule has 3 aliphatic heterocycles. The van der Waals surface area contributed by atoms with E-state index >= 15 is 0 Å². The Morgan fingerprint density at radius 1 is 1.46 bits per heavy atom. The number of allylic oxidation sites excluding steroid dienone is 1. The van der Waals surface area contributed by atoms with Crippen molar-refractivity contribution in [1.29, 1.82) is 0 Å². The Hall–Kier alpha value is -2.37. The zero-order valence-electron chi connectivity index (χ0n) is 15.5. The van der Waals surface area contributed by atoms with E-state index in [0.717, 1.165) is 0 Å². The highest BCUT2D eigenvalue weighted by Crippen LogP contribution is 2.42. The van der Waals surface area contributed by atoms with Crippen LogP contribution in [0, 0.1) is 11.8 Å². The SMILES string of the molecule is C=C1C(=O)OC2C=C(C)C3=CC(=O)C(C)(CC(OC(=O)C(C)CC)C12)O3. The maximum absolute atomic E-state index is 12.5. The van der Waals surface area contributed by atoms with Crippen molar-refractivity contribution in [1.82, 2.24) is 0 Å². The molecule has 0 aromatic heterocycles. The Morgan fingerprint density at radius 3 is 2.81 bits per heavy atom. The van der Waals surface area contributed by atoms with Crippen molar-refractivity contribution in [2.75, 3.05) is 0 Å². The first kappa shape index (κ1) is 18.4. The third-order valence-electron chi connectivity index (χ3n) is 5.46. The first-order valence-corrected chi connectivity index (χ1v) is 8.90. The molecule has 3 rings (SSSR count). The van der Waals surface area contributed by atoms with Crippen LogP contribution >= 0.6 is 0 Å². The molecule has 0 amide bonds. The standard InChI is InChI=1S/C20H24O6/c1-6-10(2)18(22)25-15-9-20(5)16(21)8-13(26-20)11(3)7-14-17(15)12(4)19(23)24-14/h7-8,10,14-15,17H,4,6,9H2,1-3,5H3. The molecular formula is C20H24O6. The molecule has 1 saturated heterocycles. The maximum atomic E-state index is 12.5. The Bertz CT molecular complexity index is 745. The molecular weight excluding hydrogens is 336 g/mol. The summed E-state index contributed by atoms with van der Waals surface area (Å²) in [7, 11) is 0. The van der Waals surface area contributed by atoms with Crippen LogP contribution in [0.25, 0.3) is 0 Å². The van der Waals surface area contributed by atoms with Crippen molar-refractivity contribution in [3.63, 3.8) is 0 Å². The molecule has 2 bridgehead atoms. The molecule has 0 radical (unpaired) electrons. The number of carbonyl (C=O) groups excluding carboxylic acids is 3. The van der Waals surface area contributed by atoms with Gasteiger partial charge in [-0.1, -0.05) is 20.4 Å². The summed E-state index contributed by atoms with van der Waals surface area (Å²) in [5.41, 5.74) is -0.191. The van der Waals surface area contributed by atoms with Gasteiger partial charge in [0.25, 0.3) is 0 Å². The Labute approximate surface area is 152 Å². The van der Waals surface area contributed by atoms with Crippen LogP contribution in [0.5, 0.6) is 0 Å². The molecule has 5 atom stereocenters. The van der Waals surface area contributed by atoms with Gasteiger partial charge in [0.15, 0.2) is 5.60 Å². The van der Waals surface area contributed by atoms with Crippen LogP contribution in [0.4, 0.5) is 0 Å². The van der Waals surface area contributed by atoms with Crippen molar-refractivity contribution < 1.29 is 28.6 Å². The minimum Gasteiger partial charge on any atom is -0.479 e. The van der Waals surface area contributed by atoms with Crippen LogP contribution < -0.4 is 0 Å². The number of carbonyl (C=O) groups is 3. The zero-order valence-corrected chi connectivity index (χ0v) is 15.5. The lowest BCUT2D eigenvalue weighted by Gasteiger charge is -2.32. The largest absolute Gasteiger partial charge is 0.479 e. The zero-order chi connectivity index (χ0) is 19.2. The molecule has 0 aliphatic carbocycles. The molecule has 0 saturated carbocycles. The van der Waals surface area contributed by atoms with Crippen molar-refractivity contribution in [2.24, 2.45) is 11.8 Å².